The Bertz CT molecular complexity index is 811. The molecule has 0 aliphatic carbocycles. The molecule has 2 aromatic rings. The third kappa shape index (κ3) is 7.39. The summed E-state index contributed by atoms with van der Waals surface area (Å²) in [5, 5.41) is 12.4. The monoisotopic (exact) mass is 479 g/mol. The predicted molar refractivity (Wildman–Crippen MR) is 144 cm³/mol. The molecule has 1 fully saturated rings. The second-order valence-electron chi connectivity index (χ2n) is 10.2. The van der Waals surface area contributed by atoms with Gasteiger partial charge in [0, 0.05) is 6.04 Å². The predicted octanol–water partition coefficient (Wildman–Crippen LogP) is 4.48. The molecule has 1 aliphatic heterocycles. The molecule has 0 aromatic heterocycles. The highest BCUT2D eigenvalue weighted by Gasteiger charge is 2.47. The summed E-state index contributed by atoms with van der Waals surface area (Å²) in [5.41, 5.74) is 7.46. The van der Waals surface area contributed by atoms with Crippen LogP contribution in [0.5, 0.6) is 0 Å². The summed E-state index contributed by atoms with van der Waals surface area (Å²) >= 11 is 0. The van der Waals surface area contributed by atoms with Crippen molar-refractivity contribution in [1.29, 1.82) is 0 Å². The number of aliphatic hydroxyl groups excluding tert-OH is 1. The van der Waals surface area contributed by atoms with Gasteiger partial charge in [-0.3, -0.25) is 4.79 Å². The molecule has 0 unspecified atom stereocenters. The van der Waals surface area contributed by atoms with Crippen molar-refractivity contribution in [2.75, 3.05) is 32.8 Å². The van der Waals surface area contributed by atoms with Crippen molar-refractivity contribution >= 4 is 5.91 Å². The first kappa shape index (κ1) is 27.4. The minimum absolute atomic E-state index is 0.197. The van der Waals surface area contributed by atoms with Crippen molar-refractivity contribution in [2.24, 2.45) is 11.7 Å². The molecule has 0 saturated carbocycles. The van der Waals surface area contributed by atoms with Gasteiger partial charge >= 0.3 is 0 Å². The fourth-order valence-corrected chi connectivity index (χ4v) is 5.70. The number of benzene rings is 2. The van der Waals surface area contributed by atoms with Gasteiger partial charge in [0.05, 0.1) is 6.61 Å². The molecule has 5 nitrogen and oxygen atoms in total. The van der Waals surface area contributed by atoms with Crippen LogP contribution in [0.15, 0.2) is 60.7 Å². The van der Waals surface area contributed by atoms with E-state index in [4.69, 9.17) is 10.8 Å². The molecular weight excluding hydrogens is 434 g/mol. The lowest BCUT2D eigenvalue weighted by molar-refractivity contribution is -0.124. The van der Waals surface area contributed by atoms with Gasteiger partial charge in [0.1, 0.15) is 5.41 Å². The molecule has 192 valence electrons. The van der Waals surface area contributed by atoms with Crippen LogP contribution in [0.2, 0.25) is 0 Å². The molecular formula is C30H45N3O2. The van der Waals surface area contributed by atoms with Crippen LogP contribution in [0.4, 0.5) is 0 Å². The molecule has 1 aliphatic rings. The molecule has 4 N–H and O–H groups in total. The Labute approximate surface area is 212 Å². The van der Waals surface area contributed by atoms with Gasteiger partial charge in [-0.25, -0.2) is 0 Å². The SMILES string of the molecule is C[C@@H](CO)NCCCCCCCCN1CCC(C(C(N)=O)(c2ccccc2)c2ccccc2)CC1. The zero-order valence-corrected chi connectivity index (χ0v) is 21.5. The molecule has 1 amide bonds. The van der Waals surface area contributed by atoms with Crippen LogP contribution >= 0.6 is 0 Å². The molecule has 2 aromatic carbocycles. The Hall–Kier alpha value is -2.21. The number of hydrogen-bond donors (Lipinski definition) is 3. The van der Waals surface area contributed by atoms with Crippen molar-refractivity contribution in [1.82, 2.24) is 10.2 Å². The number of aliphatic hydroxyl groups is 1. The molecule has 5 heteroatoms. The van der Waals surface area contributed by atoms with Crippen LogP contribution in [0, 0.1) is 5.92 Å². The number of unbranched alkanes of at least 4 members (excludes halogenated alkanes) is 5. The van der Waals surface area contributed by atoms with E-state index >= 15 is 0 Å². The van der Waals surface area contributed by atoms with E-state index in [1.165, 1.54) is 38.5 Å². The molecule has 0 radical (unpaired) electrons. The lowest BCUT2D eigenvalue weighted by Gasteiger charge is -2.43. The molecule has 35 heavy (non-hydrogen) atoms. The fourth-order valence-electron chi connectivity index (χ4n) is 5.70. The zero-order chi connectivity index (χ0) is 24.9. The van der Waals surface area contributed by atoms with Crippen molar-refractivity contribution in [3.8, 4) is 0 Å². The second kappa shape index (κ2) is 14.4. The number of nitrogens with two attached hydrogens (primary N) is 1. The first-order valence-electron chi connectivity index (χ1n) is 13.6. The Balaban J connectivity index is 1.48. The largest absolute Gasteiger partial charge is 0.395 e. The quantitative estimate of drug-likeness (QED) is 0.329. The zero-order valence-electron chi connectivity index (χ0n) is 21.5. The number of carbonyl (C=O) groups is 1. The third-order valence-electron chi connectivity index (χ3n) is 7.71. The summed E-state index contributed by atoms with van der Waals surface area (Å²) in [6, 6.07) is 20.5. The van der Waals surface area contributed by atoms with Gasteiger partial charge in [-0.05, 0) is 75.8 Å². The molecule has 1 saturated heterocycles. The summed E-state index contributed by atoms with van der Waals surface area (Å²) in [6.45, 7) is 6.40. The Morgan fingerprint density at radius 1 is 0.943 bits per heavy atom. The van der Waals surface area contributed by atoms with Crippen LogP contribution in [-0.4, -0.2) is 54.7 Å². The van der Waals surface area contributed by atoms with Crippen LogP contribution < -0.4 is 11.1 Å². The molecule has 0 spiro atoms. The number of rotatable bonds is 15. The number of piperidine rings is 1. The minimum Gasteiger partial charge on any atom is -0.395 e. The fraction of sp³-hybridized carbons (Fsp3) is 0.567. The standard InChI is InChI=1S/C30H45N3O2/c1-25(24-34)32-20-12-4-2-3-5-13-21-33-22-18-28(19-23-33)30(29(31)35,26-14-8-6-9-15-26)27-16-10-7-11-17-27/h6-11,14-17,25,28,32,34H,2-5,12-13,18-24H2,1H3,(H2,31,35)/t25-/m0/s1. The van der Waals surface area contributed by atoms with Gasteiger partial charge < -0.3 is 21.1 Å². The van der Waals surface area contributed by atoms with Gasteiger partial charge in [-0.2, -0.15) is 0 Å². The Morgan fingerprint density at radius 2 is 1.46 bits per heavy atom. The van der Waals surface area contributed by atoms with E-state index in [2.05, 4.69) is 34.5 Å². The van der Waals surface area contributed by atoms with E-state index in [0.29, 0.717) is 0 Å². The van der Waals surface area contributed by atoms with Gasteiger partial charge in [0.25, 0.3) is 0 Å². The van der Waals surface area contributed by atoms with Gasteiger partial charge in [-0.15, -0.1) is 0 Å². The summed E-state index contributed by atoms with van der Waals surface area (Å²) in [4.78, 5) is 15.8. The van der Waals surface area contributed by atoms with E-state index in [-0.39, 0.29) is 24.5 Å². The topological polar surface area (TPSA) is 78.6 Å². The highest BCUT2D eigenvalue weighted by atomic mass is 16.3. The maximum Gasteiger partial charge on any atom is 0.232 e. The van der Waals surface area contributed by atoms with Crippen LogP contribution in [0.3, 0.4) is 0 Å². The van der Waals surface area contributed by atoms with E-state index in [9.17, 15) is 4.79 Å². The van der Waals surface area contributed by atoms with Crippen molar-refractivity contribution in [3.05, 3.63) is 71.8 Å². The van der Waals surface area contributed by atoms with Crippen LogP contribution in [-0.2, 0) is 10.2 Å². The number of primary amides is 1. The lowest BCUT2D eigenvalue weighted by atomic mass is 9.62. The normalized spacial score (nSPS) is 16.3. The number of likely N-dealkylation sites (tertiary alicyclic amines) is 1. The Morgan fingerprint density at radius 3 is 1.97 bits per heavy atom. The molecule has 1 atom stereocenters. The Kier molecular flexibility index (Phi) is 11.2. The number of amides is 1. The smallest absolute Gasteiger partial charge is 0.232 e. The summed E-state index contributed by atoms with van der Waals surface area (Å²) in [5.74, 6) is -0.0439. The second-order valence-corrected chi connectivity index (χ2v) is 10.2. The highest BCUT2D eigenvalue weighted by Crippen LogP contribution is 2.44. The van der Waals surface area contributed by atoms with E-state index < -0.39 is 5.41 Å². The van der Waals surface area contributed by atoms with Crippen molar-refractivity contribution in [3.63, 3.8) is 0 Å². The van der Waals surface area contributed by atoms with Crippen LogP contribution in [0.1, 0.15) is 69.4 Å². The van der Waals surface area contributed by atoms with Gasteiger partial charge in [0.15, 0.2) is 0 Å². The molecule has 0 bridgehead atoms. The maximum atomic E-state index is 13.2. The first-order valence-corrected chi connectivity index (χ1v) is 13.6. The molecule has 3 rings (SSSR count). The van der Waals surface area contributed by atoms with E-state index in [1.807, 2.05) is 43.3 Å². The summed E-state index contributed by atoms with van der Waals surface area (Å²) < 4.78 is 0. The lowest BCUT2D eigenvalue weighted by Crippen LogP contribution is -2.51. The highest BCUT2D eigenvalue weighted by molar-refractivity contribution is 5.91. The number of nitrogens with one attached hydrogen (secondary N) is 1. The summed E-state index contributed by atoms with van der Waals surface area (Å²) in [7, 11) is 0. The first-order chi connectivity index (χ1) is 17.1. The molecule has 1 heterocycles. The van der Waals surface area contributed by atoms with Gasteiger partial charge in [-0.1, -0.05) is 86.3 Å². The van der Waals surface area contributed by atoms with Crippen molar-refractivity contribution < 1.29 is 9.90 Å². The van der Waals surface area contributed by atoms with Crippen molar-refractivity contribution in [2.45, 2.75) is 69.7 Å². The van der Waals surface area contributed by atoms with E-state index in [1.54, 1.807) is 0 Å². The number of carbonyl (C=O) groups excluding carboxylic acids is 1. The third-order valence-corrected chi connectivity index (χ3v) is 7.71. The van der Waals surface area contributed by atoms with E-state index in [0.717, 1.165) is 50.1 Å². The average Bonchev–Trinajstić information content (AvgIpc) is 2.90. The maximum absolute atomic E-state index is 13.2. The van der Waals surface area contributed by atoms with Gasteiger partial charge in [0.2, 0.25) is 5.91 Å². The summed E-state index contributed by atoms with van der Waals surface area (Å²) in [6.07, 6.45) is 9.48. The minimum atomic E-state index is -0.779. The average molecular weight is 480 g/mol. The number of hydrogen-bond acceptors (Lipinski definition) is 4. The number of nitrogens with zero attached hydrogens (tertiary/aromatic N) is 1. The van der Waals surface area contributed by atoms with Crippen LogP contribution in [0.25, 0.3) is 0 Å².